The fraction of sp³-hybridized carbons (Fsp3) is 0. The highest BCUT2D eigenvalue weighted by molar-refractivity contribution is 5.83. The van der Waals surface area contributed by atoms with E-state index in [-0.39, 0.29) is 0 Å². The first-order chi connectivity index (χ1) is 23.8. The van der Waals surface area contributed by atoms with E-state index in [0.717, 1.165) is 61.5 Å². The van der Waals surface area contributed by atoms with Crippen LogP contribution in [0, 0.1) is 0 Å². The van der Waals surface area contributed by atoms with Crippen LogP contribution in [-0.2, 0) is 0 Å². The van der Waals surface area contributed by atoms with Crippen molar-refractivity contribution >= 4 is 0 Å². The van der Waals surface area contributed by atoms with Crippen molar-refractivity contribution in [3.8, 4) is 78.4 Å². The molecule has 3 heterocycles. The third-order valence-electron chi connectivity index (χ3n) is 8.50. The summed E-state index contributed by atoms with van der Waals surface area (Å²) in [4.78, 5) is 18.8. The number of hydrogen-bond donors (Lipinski definition) is 0. The molecule has 0 unspecified atom stereocenters. The molecule has 48 heavy (non-hydrogen) atoms. The predicted molar refractivity (Wildman–Crippen MR) is 196 cm³/mol. The summed E-state index contributed by atoms with van der Waals surface area (Å²) in [5.41, 5.74) is 13.7. The Bertz CT molecular complexity index is 2120. The second-order valence-corrected chi connectivity index (χ2v) is 11.6. The topological polar surface area (TPSA) is 51.6 Å². The van der Waals surface area contributed by atoms with Gasteiger partial charge in [-0.1, -0.05) is 115 Å². The molecule has 0 aliphatic rings. The van der Waals surface area contributed by atoms with E-state index in [0.29, 0.717) is 5.82 Å². The normalized spacial score (nSPS) is 10.9. The van der Waals surface area contributed by atoms with Crippen molar-refractivity contribution in [3.63, 3.8) is 0 Å². The molecule has 226 valence electrons. The second kappa shape index (κ2) is 13.1. The summed E-state index contributed by atoms with van der Waals surface area (Å²) in [6.45, 7) is 0. The minimum atomic E-state index is 0.687. The second-order valence-electron chi connectivity index (χ2n) is 11.6. The van der Waals surface area contributed by atoms with Gasteiger partial charge in [0.15, 0.2) is 5.82 Å². The summed E-state index contributed by atoms with van der Waals surface area (Å²) >= 11 is 0. The van der Waals surface area contributed by atoms with Crippen LogP contribution < -0.4 is 0 Å². The fourth-order valence-electron chi connectivity index (χ4n) is 5.97. The van der Waals surface area contributed by atoms with E-state index in [1.54, 1.807) is 6.20 Å². The third-order valence-corrected chi connectivity index (χ3v) is 8.50. The highest BCUT2D eigenvalue weighted by Gasteiger charge is 2.14. The van der Waals surface area contributed by atoms with Crippen LogP contribution in [0.15, 0.2) is 183 Å². The van der Waals surface area contributed by atoms with Gasteiger partial charge in [0, 0.05) is 41.5 Å². The molecule has 0 amide bonds. The number of nitrogens with zero attached hydrogens (tertiary/aromatic N) is 4. The Labute approximate surface area is 280 Å². The minimum absolute atomic E-state index is 0.687. The monoisotopic (exact) mass is 614 g/mol. The lowest BCUT2D eigenvalue weighted by Crippen LogP contribution is -1.96. The van der Waals surface area contributed by atoms with Gasteiger partial charge in [0.2, 0.25) is 0 Å². The zero-order chi connectivity index (χ0) is 32.1. The van der Waals surface area contributed by atoms with Crippen molar-refractivity contribution in [2.24, 2.45) is 0 Å². The van der Waals surface area contributed by atoms with Gasteiger partial charge in [0.1, 0.15) is 0 Å². The van der Waals surface area contributed by atoms with Crippen LogP contribution in [0.5, 0.6) is 0 Å². The largest absolute Gasteiger partial charge is 0.265 e. The van der Waals surface area contributed by atoms with Gasteiger partial charge in [-0.3, -0.25) is 9.97 Å². The molecule has 0 aliphatic carbocycles. The molecule has 0 saturated carbocycles. The van der Waals surface area contributed by atoms with Gasteiger partial charge < -0.3 is 0 Å². The number of benzene rings is 5. The first kappa shape index (κ1) is 28.9. The molecule has 0 bridgehead atoms. The Morgan fingerprint density at radius 1 is 0.271 bits per heavy atom. The van der Waals surface area contributed by atoms with Gasteiger partial charge in [0.05, 0.1) is 11.4 Å². The molecule has 0 saturated heterocycles. The van der Waals surface area contributed by atoms with Crippen molar-refractivity contribution in [2.75, 3.05) is 0 Å². The molecule has 8 aromatic rings. The van der Waals surface area contributed by atoms with Crippen molar-refractivity contribution in [3.05, 3.63) is 183 Å². The Morgan fingerprint density at radius 3 is 1.33 bits per heavy atom. The fourth-order valence-corrected chi connectivity index (χ4v) is 5.97. The van der Waals surface area contributed by atoms with E-state index in [1.165, 1.54) is 11.1 Å². The summed E-state index contributed by atoms with van der Waals surface area (Å²) < 4.78 is 0. The quantitative estimate of drug-likeness (QED) is 0.179. The van der Waals surface area contributed by atoms with Crippen LogP contribution in [0.2, 0.25) is 0 Å². The van der Waals surface area contributed by atoms with E-state index in [1.807, 2.05) is 61.1 Å². The molecule has 0 radical (unpaired) electrons. The van der Waals surface area contributed by atoms with Crippen molar-refractivity contribution in [2.45, 2.75) is 0 Å². The summed E-state index contributed by atoms with van der Waals surface area (Å²) in [6.07, 6.45) is 7.36. The van der Waals surface area contributed by atoms with Crippen LogP contribution in [0.1, 0.15) is 0 Å². The minimum Gasteiger partial charge on any atom is -0.265 e. The molecule has 5 aromatic carbocycles. The average Bonchev–Trinajstić information content (AvgIpc) is 3.19. The molecule has 4 nitrogen and oxygen atoms in total. The highest BCUT2D eigenvalue weighted by Crippen LogP contribution is 2.35. The van der Waals surface area contributed by atoms with Crippen LogP contribution >= 0.6 is 0 Å². The molecule has 0 N–H and O–H groups in total. The zero-order valence-electron chi connectivity index (χ0n) is 26.1. The molecule has 0 fully saturated rings. The van der Waals surface area contributed by atoms with Crippen LogP contribution in [0.3, 0.4) is 0 Å². The molecular formula is C44H30N4. The number of hydrogen-bond acceptors (Lipinski definition) is 4. The average molecular weight is 615 g/mol. The first-order valence-corrected chi connectivity index (χ1v) is 15.9. The van der Waals surface area contributed by atoms with E-state index in [4.69, 9.17) is 9.97 Å². The van der Waals surface area contributed by atoms with Gasteiger partial charge in [0.25, 0.3) is 0 Å². The van der Waals surface area contributed by atoms with E-state index >= 15 is 0 Å². The molecular weight excluding hydrogens is 585 g/mol. The van der Waals surface area contributed by atoms with Crippen LogP contribution in [0.25, 0.3) is 78.4 Å². The zero-order valence-corrected chi connectivity index (χ0v) is 26.1. The maximum Gasteiger partial charge on any atom is 0.160 e. The summed E-state index contributed by atoms with van der Waals surface area (Å²) in [6, 6.07) is 54.8. The third kappa shape index (κ3) is 6.15. The Kier molecular flexibility index (Phi) is 7.87. The van der Waals surface area contributed by atoms with Crippen LogP contribution in [0.4, 0.5) is 0 Å². The molecule has 0 aliphatic heterocycles. The van der Waals surface area contributed by atoms with E-state index in [9.17, 15) is 0 Å². The van der Waals surface area contributed by atoms with Crippen molar-refractivity contribution in [1.82, 2.24) is 19.9 Å². The Morgan fingerprint density at radius 2 is 0.729 bits per heavy atom. The first-order valence-electron chi connectivity index (χ1n) is 15.9. The lowest BCUT2D eigenvalue weighted by molar-refractivity contribution is 1.18. The van der Waals surface area contributed by atoms with Gasteiger partial charge in [-0.05, 0) is 87.0 Å². The molecule has 8 rings (SSSR count). The van der Waals surface area contributed by atoms with E-state index < -0.39 is 0 Å². The Hall–Kier alpha value is -6.52. The molecule has 3 aromatic heterocycles. The standard InChI is InChI=1S/C44H30N4/c1-3-8-31(9-4-1)32-17-19-36(20-18-32)42-29-43(48-44(47-42)37-10-5-2-6-11-37)41-27-39(26-40(28-41)35-21-24-45-25-22-35)34-15-13-33(14-16-34)38-12-7-23-46-30-38/h1-30H. The summed E-state index contributed by atoms with van der Waals surface area (Å²) in [7, 11) is 0. The lowest BCUT2D eigenvalue weighted by atomic mass is 9.94. The highest BCUT2D eigenvalue weighted by atomic mass is 14.9. The van der Waals surface area contributed by atoms with Crippen molar-refractivity contribution in [1.29, 1.82) is 0 Å². The van der Waals surface area contributed by atoms with E-state index in [2.05, 4.69) is 125 Å². The SMILES string of the molecule is c1ccc(-c2ccc(-c3cc(-c4cc(-c5ccncc5)cc(-c5ccc(-c6cccnc6)cc5)c4)nc(-c4ccccc4)n3)cc2)cc1. The van der Waals surface area contributed by atoms with Gasteiger partial charge >= 0.3 is 0 Å². The summed E-state index contributed by atoms with van der Waals surface area (Å²) in [5.74, 6) is 0.687. The predicted octanol–water partition coefficient (Wildman–Crippen LogP) is 10.9. The van der Waals surface area contributed by atoms with Crippen LogP contribution in [-0.4, -0.2) is 19.9 Å². The summed E-state index contributed by atoms with van der Waals surface area (Å²) in [5, 5.41) is 0. The van der Waals surface area contributed by atoms with Gasteiger partial charge in [-0.2, -0.15) is 0 Å². The smallest absolute Gasteiger partial charge is 0.160 e. The van der Waals surface area contributed by atoms with Crippen molar-refractivity contribution < 1.29 is 0 Å². The Balaban J connectivity index is 1.26. The maximum atomic E-state index is 5.16. The van der Waals surface area contributed by atoms with Gasteiger partial charge in [-0.15, -0.1) is 0 Å². The molecule has 4 heteroatoms. The number of aromatic nitrogens is 4. The number of rotatable bonds is 7. The van der Waals surface area contributed by atoms with Gasteiger partial charge in [-0.25, -0.2) is 9.97 Å². The molecule has 0 atom stereocenters. The number of pyridine rings is 2. The lowest BCUT2D eigenvalue weighted by Gasteiger charge is -2.14. The molecule has 0 spiro atoms. The maximum absolute atomic E-state index is 5.16.